The van der Waals surface area contributed by atoms with Crippen LogP contribution >= 0.6 is 27.5 Å². The highest BCUT2D eigenvalue weighted by Gasteiger charge is 2.15. The third kappa shape index (κ3) is 2.62. The first kappa shape index (κ1) is 11.8. The third-order valence-electron chi connectivity index (χ3n) is 1.90. The smallest absolute Gasteiger partial charge is 0.124 e. The van der Waals surface area contributed by atoms with E-state index < -0.39 is 0 Å². The summed E-state index contributed by atoms with van der Waals surface area (Å²) in [7, 11) is 5.63. The summed E-state index contributed by atoms with van der Waals surface area (Å²) in [6.45, 7) is 0. The average molecular weight is 279 g/mol. The van der Waals surface area contributed by atoms with Crippen molar-refractivity contribution in [3.8, 4) is 5.75 Å². The summed E-state index contributed by atoms with van der Waals surface area (Å²) in [5.41, 5.74) is 1.03. The van der Waals surface area contributed by atoms with Gasteiger partial charge in [0.2, 0.25) is 0 Å². The predicted octanol–water partition coefficient (Wildman–Crippen LogP) is 3.30. The molecule has 0 aromatic heterocycles. The van der Waals surface area contributed by atoms with Crippen molar-refractivity contribution >= 4 is 27.5 Å². The van der Waals surface area contributed by atoms with Gasteiger partial charge in [0.25, 0.3) is 0 Å². The molecule has 0 fully saturated rings. The van der Waals surface area contributed by atoms with Crippen LogP contribution in [-0.2, 0) is 0 Å². The molecule has 0 amide bonds. The maximum Gasteiger partial charge on any atom is 0.124 e. The molecule has 0 aliphatic rings. The summed E-state index contributed by atoms with van der Waals surface area (Å²) < 4.78 is 5.26. The molecule has 0 spiro atoms. The fraction of sp³-hybridized carbons (Fsp3) is 0.400. The molecule has 2 nitrogen and oxygen atoms in total. The van der Waals surface area contributed by atoms with Gasteiger partial charge in [-0.1, -0.05) is 27.5 Å². The van der Waals surface area contributed by atoms with E-state index in [1.807, 2.05) is 37.2 Å². The van der Waals surface area contributed by atoms with Gasteiger partial charge in [-0.25, -0.2) is 0 Å². The Kier molecular flexibility index (Phi) is 4.23. The van der Waals surface area contributed by atoms with Gasteiger partial charge in [0.15, 0.2) is 0 Å². The number of halogens is 2. The molecule has 14 heavy (non-hydrogen) atoms. The molecule has 0 heterocycles. The SMILES string of the molecule is COc1ccc(Cl)cc1C(Br)N(C)C. The van der Waals surface area contributed by atoms with Crippen LogP contribution in [0.25, 0.3) is 0 Å². The zero-order valence-electron chi connectivity index (χ0n) is 8.42. The lowest BCUT2D eigenvalue weighted by molar-refractivity contribution is 0.369. The normalized spacial score (nSPS) is 13.0. The number of hydrogen-bond donors (Lipinski definition) is 0. The third-order valence-corrected chi connectivity index (χ3v) is 3.45. The summed E-state index contributed by atoms with van der Waals surface area (Å²) in [5, 5.41) is 0.715. The zero-order chi connectivity index (χ0) is 10.7. The van der Waals surface area contributed by atoms with Gasteiger partial charge in [0.05, 0.1) is 12.1 Å². The Morgan fingerprint density at radius 2 is 2.07 bits per heavy atom. The minimum atomic E-state index is 0.108. The second kappa shape index (κ2) is 5.01. The summed E-state index contributed by atoms with van der Waals surface area (Å²) in [5.74, 6) is 0.838. The highest BCUT2D eigenvalue weighted by molar-refractivity contribution is 9.09. The van der Waals surface area contributed by atoms with Crippen LogP contribution in [0.5, 0.6) is 5.75 Å². The summed E-state index contributed by atoms with van der Waals surface area (Å²) in [6, 6.07) is 5.59. The standard InChI is InChI=1S/C10H13BrClNO/c1-13(2)10(11)8-6-7(12)4-5-9(8)14-3/h4-6,10H,1-3H3. The molecule has 1 aromatic carbocycles. The van der Waals surface area contributed by atoms with Crippen molar-refractivity contribution in [3.05, 3.63) is 28.8 Å². The lowest BCUT2D eigenvalue weighted by Crippen LogP contribution is -2.15. The molecule has 0 saturated carbocycles. The Bertz CT molecular complexity index is 317. The van der Waals surface area contributed by atoms with Crippen LogP contribution < -0.4 is 4.74 Å². The number of rotatable bonds is 3. The first-order chi connectivity index (χ1) is 6.56. The van der Waals surface area contributed by atoms with Crippen LogP contribution in [0.3, 0.4) is 0 Å². The molecule has 1 aromatic rings. The van der Waals surface area contributed by atoms with Crippen molar-refractivity contribution in [1.82, 2.24) is 4.90 Å². The van der Waals surface area contributed by atoms with Crippen LogP contribution in [-0.4, -0.2) is 26.1 Å². The molecule has 78 valence electrons. The molecular formula is C10H13BrClNO. The quantitative estimate of drug-likeness (QED) is 0.621. The molecule has 0 aliphatic heterocycles. The van der Waals surface area contributed by atoms with E-state index in [4.69, 9.17) is 16.3 Å². The van der Waals surface area contributed by atoms with E-state index >= 15 is 0 Å². The van der Waals surface area contributed by atoms with Crippen LogP contribution in [0.4, 0.5) is 0 Å². The predicted molar refractivity (Wildman–Crippen MR) is 63.4 cm³/mol. The number of hydrogen-bond acceptors (Lipinski definition) is 2. The van der Waals surface area contributed by atoms with E-state index in [0.29, 0.717) is 5.02 Å². The molecule has 1 rings (SSSR count). The average Bonchev–Trinajstić information content (AvgIpc) is 2.16. The Morgan fingerprint density at radius 1 is 1.43 bits per heavy atom. The van der Waals surface area contributed by atoms with Gasteiger partial charge < -0.3 is 4.74 Å². The molecule has 0 bridgehead atoms. The number of alkyl halides is 1. The van der Waals surface area contributed by atoms with Crippen LogP contribution in [0.1, 0.15) is 10.5 Å². The zero-order valence-corrected chi connectivity index (χ0v) is 10.8. The number of benzene rings is 1. The minimum Gasteiger partial charge on any atom is -0.496 e. The van der Waals surface area contributed by atoms with Crippen LogP contribution in [0, 0.1) is 0 Å². The van der Waals surface area contributed by atoms with Gasteiger partial charge in [-0.2, -0.15) is 0 Å². The molecule has 1 atom stereocenters. The summed E-state index contributed by atoms with van der Waals surface area (Å²) >= 11 is 9.49. The fourth-order valence-corrected chi connectivity index (χ4v) is 1.71. The lowest BCUT2D eigenvalue weighted by Gasteiger charge is -2.20. The van der Waals surface area contributed by atoms with Crippen LogP contribution in [0.2, 0.25) is 5.02 Å². The van der Waals surface area contributed by atoms with Gasteiger partial charge in [0.1, 0.15) is 5.75 Å². The first-order valence-corrected chi connectivity index (χ1v) is 5.49. The first-order valence-electron chi connectivity index (χ1n) is 4.20. The molecule has 0 aliphatic carbocycles. The van der Waals surface area contributed by atoms with Crippen molar-refractivity contribution in [2.45, 2.75) is 4.95 Å². The Balaban J connectivity index is 3.10. The van der Waals surface area contributed by atoms with E-state index in [-0.39, 0.29) is 4.95 Å². The van der Waals surface area contributed by atoms with Crippen molar-refractivity contribution in [2.24, 2.45) is 0 Å². The van der Waals surface area contributed by atoms with Gasteiger partial charge >= 0.3 is 0 Å². The van der Waals surface area contributed by atoms with E-state index in [1.165, 1.54) is 0 Å². The van der Waals surface area contributed by atoms with Gasteiger partial charge in [-0.05, 0) is 32.3 Å². The fourth-order valence-electron chi connectivity index (χ4n) is 1.17. The number of nitrogens with zero attached hydrogens (tertiary/aromatic N) is 1. The van der Waals surface area contributed by atoms with E-state index in [9.17, 15) is 0 Å². The molecule has 0 saturated heterocycles. The topological polar surface area (TPSA) is 12.5 Å². The monoisotopic (exact) mass is 277 g/mol. The Hall–Kier alpha value is -0.250. The van der Waals surface area contributed by atoms with Crippen molar-refractivity contribution in [3.63, 3.8) is 0 Å². The van der Waals surface area contributed by atoms with Crippen molar-refractivity contribution in [1.29, 1.82) is 0 Å². The van der Waals surface area contributed by atoms with Gasteiger partial charge in [-0.3, -0.25) is 4.90 Å². The van der Waals surface area contributed by atoms with E-state index in [1.54, 1.807) is 7.11 Å². The number of ether oxygens (including phenoxy) is 1. The van der Waals surface area contributed by atoms with Gasteiger partial charge in [0, 0.05) is 10.6 Å². The summed E-state index contributed by atoms with van der Waals surface area (Å²) in [4.78, 5) is 2.14. The Morgan fingerprint density at radius 3 is 2.57 bits per heavy atom. The van der Waals surface area contributed by atoms with Crippen molar-refractivity contribution in [2.75, 3.05) is 21.2 Å². The lowest BCUT2D eigenvalue weighted by atomic mass is 10.2. The number of methoxy groups -OCH3 is 1. The highest BCUT2D eigenvalue weighted by atomic mass is 79.9. The molecule has 0 N–H and O–H groups in total. The Labute approximate surface area is 97.9 Å². The largest absolute Gasteiger partial charge is 0.496 e. The second-order valence-corrected chi connectivity index (χ2v) is 4.49. The van der Waals surface area contributed by atoms with Crippen LogP contribution in [0.15, 0.2) is 18.2 Å². The highest BCUT2D eigenvalue weighted by Crippen LogP contribution is 2.34. The molecule has 0 radical (unpaired) electrons. The summed E-state index contributed by atoms with van der Waals surface area (Å²) in [6.07, 6.45) is 0. The molecule has 1 unspecified atom stereocenters. The van der Waals surface area contributed by atoms with Gasteiger partial charge in [-0.15, -0.1) is 0 Å². The van der Waals surface area contributed by atoms with E-state index in [2.05, 4.69) is 15.9 Å². The van der Waals surface area contributed by atoms with Crippen molar-refractivity contribution < 1.29 is 4.74 Å². The second-order valence-electron chi connectivity index (χ2n) is 3.19. The molecule has 4 heteroatoms. The minimum absolute atomic E-state index is 0.108. The maximum absolute atomic E-state index is 5.93. The molecular weight excluding hydrogens is 265 g/mol. The van der Waals surface area contributed by atoms with E-state index in [0.717, 1.165) is 11.3 Å². The maximum atomic E-state index is 5.93.